The first-order chi connectivity index (χ1) is 6.00. The summed E-state index contributed by atoms with van der Waals surface area (Å²) in [5.41, 5.74) is 8.15. The van der Waals surface area contributed by atoms with Gasteiger partial charge in [0.05, 0.1) is 15.9 Å². The van der Waals surface area contributed by atoms with Gasteiger partial charge in [-0.3, -0.25) is 0 Å². The van der Waals surface area contributed by atoms with Crippen LogP contribution in [-0.2, 0) is 5.54 Å². The van der Waals surface area contributed by atoms with Crippen LogP contribution in [0.25, 0.3) is 10.2 Å². The predicted molar refractivity (Wildman–Crippen MR) is 59.2 cm³/mol. The number of rotatable bonds is 0. The van der Waals surface area contributed by atoms with E-state index in [2.05, 4.69) is 36.8 Å². The van der Waals surface area contributed by atoms with Crippen LogP contribution in [0, 0.1) is 0 Å². The molecule has 0 spiro atoms. The maximum Gasteiger partial charge on any atom is 0.0751 e. The molecule has 0 saturated carbocycles. The van der Waals surface area contributed by atoms with E-state index in [0.29, 0.717) is 0 Å². The fourth-order valence-electron chi connectivity index (χ4n) is 1.53. The molecule has 0 atom stereocenters. The third-order valence-corrected chi connectivity index (χ3v) is 3.11. The zero-order chi connectivity index (χ0) is 9.64. The lowest BCUT2D eigenvalue weighted by Crippen LogP contribution is -2.20. The van der Waals surface area contributed by atoms with Gasteiger partial charge in [-0.2, -0.15) is 0 Å². The summed E-state index contributed by atoms with van der Waals surface area (Å²) in [4.78, 5) is 0. The lowest BCUT2D eigenvalue weighted by Gasteiger charge is -2.21. The standard InChI is InChI=1S/C10H14N2S/c1-10(2,3)12-6-7(11)9-8(12)4-5-13-9/h4-6H,11H2,1-3H3. The predicted octanol–water partition coefficient (Wildman–Crippen LogP) is 3.04. The van der Waals surface area contributed by atoms with Gasteiger partial charge in [0.1, 0.15) is 0 Å². The summed E-state index contributed by atoms with van der Waals surface area (Å²) >= 11 is 1.71. The molecular weight excluding hydrogens is 180 g/mol. The van der Waals surface area contributed by atoms with Crippen LogP contribution >= 0.6 is 11.3 Å². The minimum Gasteiger partial charge on any atom is -0.396 e. The van der Waals surface area contributed by atoms with Gasteiger partial charge < -0.3 is 10.3 Å². The minimum absolute atomic E-state index is 0.108. The van der Waals surface area contributed by atoms with Crippen molar-refractivity contribution in [2.45, 2.75) is 26.3 Å². The van der Waals surface area contributed by atoms with Gasteiger partial charge in [0, 0.05) is 11.7 Å². The van der Waals surface area contributed by atoms with Gasteiger partial charge in [-0.1, -0.05) is 0 Å². The quantitative estimate of drug-likeness (QED) is 0.686. The van der Waals surface area contributed by atoms with Gasteiger partial charge in [0.15, 0.2) is 0 Å². The molecular formula is C10H14N2S. The monoisotopic (exact) mass is 194 g/mol. The number of hydrogen-bond acceptors (Lipinski definition) is 2. The van der Waals surface area contributed by atoms with Crippen molar-refractivity contribution in [2.75, 3.05) is 5.73 Å². The first-order valence-corrected chi connectivity index (χ1v) is 5.22. The molecule has 2 aromatic heterocycles. The zero-order valence-electron chi connectivity index (χ0n) is 8.16. The van der Waals surface area contributed by atoms with Crippen molar-refractivity contribution >= 4 is 27.2 Å². The van der Waals surface area contributed by atoms with Crippen LogP contribution in [0.2, 0.25) is 0 Å². The molecule has 0 amide bonds. The summed E-state index contributed by atoms with van der Waals surface area (Å²) < 4.78 is 3.43. The maximum absolute atomic E-state index is 5.91. The van der Waals surface area contributed by atoms with Gasteiger partial charge in [-0.05, 0) is 32.2 Å². The Labute approximate surface area is 82.0 Å². The average Bonchev–Trinajstić information content (AvgIpc) is 2.51. The Bertz CT molecular complexity index is 431. The lowest BCUT2D eigenvalue weighted by atomic mass is 10.1. The fourth-order valence-corrected chi connectivity index (χ4v) is 2.34. The number of thiophene rings is 1. The molecule has 3 heteroatoms. The van der Waals surface area contributed by atoms with Crippen molar-refractivity contribution in [2.24, 2.45) is 0 Å². The fraction of sp³-hybridized carbons (Fsp3) is 0.400. The summed E-state index contributed by atoms with van der Waals surface area (Å²) in [5.74, 6) is 0. The second-order valence-corrected chi connectivity index (χ2v) is 5.18. The molecule has 0 bridgehead atoms. The number of nitrogens with zero attached hydrogens (tertiary/aromatic N) is 1. The van der Waals surface area contributed by atoms with Crippen LogP contribution in [-0.4, -0.2) is 4.57 Å². The van der Waals surface area contributed by atoms with Crippen molar-refractivity contribution in [3.63, 3.8) is 0 Å². The summed E-state index contributed by atoms with van der Waals surface area (Å²) in [7, 11) is 0. The summed E-state index contributed by atoms with van der Waals surface area (Å²) in [6.45, 7) is 6.55. The Morgan fingerprint density at radius 1 is 1.38 bits per heavy atom. The van der Waals surface area contributed by atoms with E-state index in [1.54, 1.807) is 11.3 Å². The third-order valence-electron chi connectivity index (χ3n) is 2.16. The second kappa shape index (κ2) is 2.51. The molecule has 0 aliphatic rings. The number of hydrogen-bond donors (Lipinski definition) is 1. The van der Waals surface area contributed by atoms with E-state index in [1.165, 1.54) is 10.2 Å². The molecule has 2 heterocycles. The Hall–Kier alpha value is -0.960. The molecule has 0 unspecified atom stereocenters. The number of nitrogen functional groups attached to an aromatic ring is 1. The highest BCUT2D eigenvalue weighted by atomic mass is 32.1. The van der Waals surface area contributed by atoms with Crippen molar-refractivity contribution in [1.29, 1.82) is 0 Å². The van der Waals surface area contributed by atoms with E-state index < -0.39 is 0 Å². The summed E-state index contributed by atoms with van der Waals surface area (Å²) in [6, 6.07) is 2.13. The topological polar surface area (TPSA) is 30.9 Å². The van der Waals surface area contributed by atoms with Crippen molar-refractivity contribution in [3.8, 4) is 0 Å². The van der Waals surface area contributed by atoms with Gasteiger partial charge in [-0.25, -0.2) is 0 Å². The third kappa shape index (κ3) is 1.23. The van der Waals surface area contributed by atoms with Crippen LogP contribution in [0.5, 0.6) is 0 Å². The Morgan fingerprint density at radius 3 is 2.69 bits per heavy atom. The molecule has 0 radical (unpaired) electrons. The van der Waals surface area contributed by atoms with Gasteiger partial charge in [0.25, 0.3) is 0 Å². The molecule has 0 aliphatic carbocycles. The van der Waals surface area contributed by atoms with E-state index in [1.807, 2.05) is 6.20 Å². The maximum atomic E-state index is 5.91. The molecule has 13 heavy (non-hydrogen) atoms. The number of anilines is 1. The number of nitrogens with two attached hydrogens (primary N) is 1. The molecule has 2 nitrogen and oxygen atoms in total. The molecule has 0 aromatic carbocycles. The van der Waals surface area contributed by atoms with Crippen LogP contribution in [0.1, 0.15) is 20.8 Å². The SMILES string of the molecule is CC(C)(C)n1cc(N)c2sccc21. The molecule has 2 rings (SSSR count). The van der Waals surface area contributed by atoms with Gasteiger partial charge in [0.2, 0.25) is 0 Å². The van der Waals surface area contributed by atoms with Crippen molar-refractivity contribution < 1.29 is 0 Å². The van der Waals surface area contributed by atoms with Crippen LogP contribution in [0.4, 0.5) is 5.69 Å². The zero-order valence-corrected chi connectivity index (χ0v) is 8.98. The average molecular weight is 194 g/mol. The summed E-state index contributed by atoms with van der Waals surface area (Å²) in [6.07, 6.45) is 2.03. The molecule has 70 valence electrons. The van der Waals surface area contributed by atoms with Crippen molar-refractivity contribution in [3.05, 3.63) is 17.6 Å². The Kier molecular flexibility index (Phi) is 1.67. The lowest BCUT2D eigenvalue weighted by molar-refractivity contribution is 0.411. The minimum atomic E-state index is 0.108. The van der Waals surface area contributed by atoms with E-state index in [-0.39, 0.29) is 5.54 Å². The largest absolute Gasteiger partial charge is 0.396 e. The second-order valence-electron chi connectivity index (χ2n) is 4.26. The number of aromatic nitrogens is 1. The molecule has 0 aliphatic heterocycles. The van der Waals surface area contributed by atoms with Crippen LogP contribution in [0.15, 0.2) is 17.6 Å². The highest BCUT2D eigenvalue weighted by Gasteiger charge is 2.17. The van der Waals surface area contributed by atoms with Crippen LogP contribution in [0.3, 0.4) is 0 Å². The first kappa shape index (κ1) is 8.63. The molecule has 2 N–H and O–H groups in total. The van der Waals surface area contributed by atoms with Crippen LogP contribution < -0.4 is 5.73 Å². The van der Waals surface area contributed by atoms with E-state index in [0.717, 1.165) is 5.69 Å². The Balaban J connectivity index is 2.76. The molecule has 0 saturated heterocycles. The Morgan fingerprint density at radius 2 is 2.08 bits per heavy atom. The number of fused-ring (bicyclic) bond motifs is 1. The summed E-state index contributed by atoms with van der Waals surface area (Å²) in [5, 5.41) is 2.09. The molecule has 2 aromatic rings. The highest BCUT2D eigenvalue weighted by molar-refractivity contribution is 7.17. The molecule has 0 fully saturated rings. The van der Waals surface area contributed by atoms with E-state index in [9.17, 15) is 0 Å². The highest BCUT2D eigenvalue weighted by Crippen LogP contribution is 2.32. The van der Waals surface area contributed by atoms with Gasteiger partial charge in [-0.15, -0.1) is 11.3 Å². The van der Waals surface area contributed by atoms with Gasteiger partial charge >= 0.3 is 0 Å². The smallest absolute Gasteiger partial charge is 0.0751 e. The normalized spacial score (nSPS) is 12.5. The van der Waals surface area contributed by atoms with Crippen molar-refractivity contribution in [1.82, 2.24) is 4.57 Å². The van der Waals surface area contributed by atoms with E-state index in [4.69, 9.17) is 5.73 Å². The van der Waals surface area contributed by atoms with E-state index >= 15 is 0 Å². The first-order valence-electron chi connectivity index (χ1n) is 4.34.